The van der Waals surface area contributed by atoms with E-state index in [9.17, 15) is 9.59 Å². The molecule has 4 N–H and O–H groups in total. The fourth-order valence-electron chi connectivity index (χ4n) is 4.24. The highest BCUT2D eigenvalue weighted by Crippen LogP contribution is 2.24. The Morgan fingerprint density at radius 1 is 1.06 bits per heavy atom. The van der Waals surface area contributed by atoms with Gasteiger partial charge in [0.1, 0.15) is 12.1 Å². The molecular formula is C22H28N10O3. The number of benzene rings is 1. The van der Waals surface area contributed by atoms with Crippen LogP contribution in [0.2, 0.25) is 0 Å². The van der Waals surface area contributed by atoms with Gasteiger partial charge in [-0.25, -0.2) is 14.8 Å². The summed E-state index contributed by atoms with van der Waals surface area (Å²) in [5.74, 6) is 1.70. The molecule has 0 saturated carbocycles. The minimum absolute atomic E-state index is 0.0520. The van der Waals surface area contributed by atoms with E-state index in [0.29, 0.717) is 30.3 Å². The molecule has 184 valence electrons. The summed E-state index contributed by atoms with van der Waals surface area (Å²) in [5.41, 5.74) is 7.40. The first-order chi connectivity index (χ1) is 16.7. The van der Waals surface area contributed by atoms with Crippen LogP contribution in [0.25, 0.3) is 5.82 Å². The molecule has 0 radical (unpaired) electrons. The Kier molecular flexibility index (Phi) is 6.66. The van der Waals surface area contributed by atoms with E-state index in [4.69, 9.17) is 5.73 Å². The summed E-state index contributed by atoms with van der Waals surface area (Å²) in [6.45, 7) is 6.95. The number of carbonyl (C=O) groups excluding carboxylic acids is 2. The topological polar surface area (TPSA) is 156 Å². The number of carbonyl (C=O) groups is 2. The first-order valence-corrected chi connectivity index (χ1v) is 11.1. The first kappa shape index (κ1) is 23.7. The second-order valence-corrected chi connectivity index (χ2v) is 8.29. The number of nitrogen functional groups attached to an aromatic ring is 1. The summed E-state index contributed by atoms with van der Waals surface area (Å²) in [6, 6.07) is 8.84. The van der Waals surface area contributed by atoms with Gasteiger partial charge in [0.25, 0.3) is 0 Å². The molecule has 0 bridgehead atoms. The van der Waals surface area contributed by atoms with Crippen molar-refractivity contribution >= 4 is 41.1 Å². The molecule has 35 heavy (non-hydrogen) atoms. The predicted molar refractivity (Wildman–Crippen MR) is 131 cm³/mol. The summed E-state index contributed by atoms with van der Waals surface area (Å²) in [7, 11) is 1.30. The number of piperazine rings is 1. The molecule has 0 spiro atoms. The van der Waals surface area contributed by atoms with Crippen molar-refractivity contribution in [2.45, 2.75) is 32.9 Å². The predicted octanol–water partition coefficient (Wildman–Crippen LogP) is 2.01. The molecule has 1 aliphatic heterocycles. The monoisotopic (exact) mass is 480 g/mol. The van der Waals surface area contributed by atoms with Gasteiger partial charge < -0.3 is 25.6 Å². The molecule has 1 fully saturated rings. The highest BCUT2D eigenvalue weighted by Gasteiger charge is 2.31. The van der Waals surface area contributed by atoms with Gasteiger partial charge in [0.2, 0.25) is 17.8 Å². The van der Waals surface area contributed by atoms with Gasteiger partial charge in [0.05, 0.1) is 7.11 Å². The summed E-state index contributed by atoms with van der Waals surface area (Å²) >= 11 is 0. The summed E-state index contributed by atoms with van der Waals surface area (Å²) in [4.78, 5) is 40.3. The number of hydrogen-bond donors (Lipinski definition) is 3. The molecule has 1 aliphatic rings. The first-order valence-electron chi connectivity index (χ1n) is 11.1. The summed E-state index contributed by atoms with van der Waals surface area (Å²) in [6.07, 6.45) is 0.909. The second kappa shape index (κ2) is 9.83. The number of anilines is 5. The van der Waals surface area contributed by atoms with Gasteiger partial charge >= 0.3 is 6.09 Å². The summed E-state index contributed by atoms with van der Waals surface area (Å²) < 4.78 is 6.01. The van der Waals surface area contributed by atoms with Gasteiger partial charge in [-0.1, -0.05) is 0 Å². The molecule has 13 heteroatoms. The van der Waals surface area contributed by atoms with E-state index in [-0.39, 0.29) is 29.9 Å². The van der Waals surface area contributed by atoms with Crippen molar-refractivity contribution in [3.8, 4) is 5.82 Å². The lowest BCUT2D eigenvalue weighted by molar-refractivity contribution is -0.133. The van der Waals surface area contributed by atoms with E-state index in [1.54, 1.807) is 37.3 Å². The third kappa shape index (κ3) is 5.23. The van der Waals surface area contributed by atoms with E-state index in [1.807, 2.05) is 18.7 Å². The SMILES string of the molecule is COC(=O)Nc1ccc(Nc2nc(N)n(-c3cc(N4C[C@@H](C)N(C(C)=O)[C@@H](C)C4)ncn3)n2)cc1. The molecule has 1 aromatic carbocycles. The number of ether oxygens (including phenoxy) is 1. The molecule has 3 aromatic rings. The van der Waals surface area contributed by atoms with Gasteiger partial charge in [0.15, 0.2) is 5.82 Å². The molecule has 2 amide bonds. The number of hydrogen-bond acceptors (Lipinski definition) is 10. The zero-order valence-corrected chi connectivity index (χ0v) is 20.0. The highest BCUT2D eigenvalue weighted by atomic mass is 16.5. The lowest BCUT2D eigenvalue weighted by Crippen LogP contribution is -2.58. The number of nitrogens with two attached hydrogens (primary N) is 1. The lowest BCUT2D eigenvalue weighted by atomic mass is 10.1. The van der Waals surface area contributed by atoms with Crippen molar-refractivity contribution in [2.24, 2.45) is 0 Å². The van der Waals surface area contributed by atoms with Gasteiger partial charge in [0, 0.05) is 49.5 Å². The molecule has 3 heterocycles. The molecule has 2 aromatic heterocycles. The van der Waals surface area contributed by atoms with E-state index in [0.717, 1.165) is 5.82 Å². The van der Waals surface area contributed by atoms with Crippen LogP contribution in [0, 0.1) is 0 Å². The van der Waals surface area contributed by atoms with Crippen LogP contribution in [-0.2, 0) is 9.53 Å². The highest BCUT2D eigenvalue weighted by molar-refractivity contribution is 5.84. The molecule has 1 saturated heterocycles. The average molecular weight is 481 g/mol. The quantitative estimate of drug-likeness (QED) is 0.493. The maximum Gasteiger partial charge on any atom is 0.411 e. The normalized spacial score (nSPS) is 17.7. The number of rotatable bonds is 5. The van der Waals surface area contributed by atoms with Crippen LogP contribution in [0.4, 0.5) is 33.9 Å². The number of amides is 2. The second-order valence-electron chi connectivity index (χ2n) is 8.29. The molecule has 0 aliphatic carbocycles. The van der Waals surface area contributed by atoms with E-state index in [1.165, 1.54) is 18.1 Å². The van der Waals surface area contributed by atoms with Crippen LogP contribution < -0.4 is 21.3 Å². The van der Waals surface area contributed by atoms with Crippen LogP contribution in [-0.4, -0.2) is 73.9 Å². The molecular weight excluding hydrogens is 452 g/mol. The van der Waals surface area contributed by atoms with Gasteiger partial charge in [-0.05, 0) is 38.1 Å². The zero-order chi connectivity index (χ0) is 25.1. The van der Waals surface area contributed by atoms with Crippen molar-refractivity contribution < 1.29 is 14.3 Å². The maximum atomic E-state index is 12.0. The average Bonchev–Trinajstić information content (AvgIpc) is 3.19. The number of methoxy groups -OCH3 is 1. The van der Waals surface area contributed by atoms with Crippen LogP contribution in [0.5, 0.6) is 0 Å². The smallest absolute Gasteiger partial charge is 0.411 e. The van der Waals surface area contributed by atoms with Crippen molar-refractivity contribution in [1.82, 2.24) is 29.6 Å². The number of aromatic nitrogens is 5. The Morgan fingerprint density at radius 3 is 2.31 bits per heavy atom. The minimum atomic E-state index is -0.548. The van der Waals surface area contributed by atoms with Gasteiger partial charge in [-0.3, -0.25) is 10.1 Å². The zero-order valence-electron chi connectivity index (χ0n) is 20.0. The van der Waals surface area contributed by atoms with Crippen molar-refractivity contribution in [1.29, 1.82) is 0 Å². The standard InChI is InChI=1S/C22H28N10O3/c1-13-10-30(11-14(2)31(13)15(3)33)18-9-19(25-12-24-18)32-20(23)28-21(29-32)26-16-5-7-17(8-6-16)27-22(34)35-4/h5-9,12-14H,10-11H2,1-4H3,(H,27,34)(H3,23,26,28,29)/t13-,14+. The van der Waals surface area contributed by atoms with E-state index < -0.39 is 6.09 Å². The number of nitrogens with zero attached hydrogens (tertiary/aromatic N) is 7. The maximum absolute atomic E-state index is 12.0. The van der Waals surface area contributed by atoms with Gasteiger partial charge in [-0.15, -0.1) is 5.10 Å². The van der Waals surface area contributed by atoms with E-state index in [2.05, 4.69) is 40.3 Å². The molecule has 4 rings (SSSR count). The Morgan fingerprint density at radius 2 is 1.69 bits per heavy atom. The van der Waals surface area contributed by atoms with Crippen molar-refractivity contribution in [3.63, 3.8) is 0 Å². The third-order valence-electron chi connectivity index (χ3n) is 5.67. The molecule has 0 unspecified atom stereocenters. The third-order valence-corrected chi connectivity index (χ3v) is 5.67. The Hall–Kier alpha value is -4.42. The molecule has 13 nitrogen and oxygen atoms in total. The van der Waals surface area contributed by atoms with Crippen molar-refractivity contribution in [2.75, 3.05) is 41.5 Å². The largest absolute Gasteiger partial charge is 0.453 e. The Bertz CT molecular complexity index is 1200. The fourth-order valence-corrected chi connectivity index (χ4v) is 4.24. The minimum Gasteiger partial charge on any atom is -0.453 e. The summed E-state index contributed by atoms with van der Waals surface area (Å²) in [5, 5.41) is 10.1. The van der Waals surface area contributed by atoms with Gasteiger partial charge in [-0.2, -0.15) is 9.67 Å². The Balaban J connectivity index is 1.49. The van der Waals surface area contributed by atoms with Crippen molar-refractivity contribution in [3.05, 3.63) is 36.7 Å². The van der Waals surface area contributed by atoms with Crippen LogP contribution in [0.1, 0.15) is 20.8 Å². The van der Waals surface area contributed by atoms with Crippen LogP contribution in [0.15, 0.2) is 36.7 Å². The molecule has 2 atom stereocenters. The van der Waals surface area contributed by atoms with E-state index >= 15 is 0 Å². The number of nitrogens with one attached hydrogen (secondary N) is 2. The lowest BCUT2D eigenvalue weighted by Gasteiger charge is -2.44. The van der Waals surface area contributed by atoms with Crippen LogP contribution in [0.3, 0.4) is 0 Å². The van der Waals surface area contributed by atoms with Crippen LogP contribution >= 0.6 is 0 Å². The fraction of sp³-hybridized carbons (Fsp3) is 0.364. The Labute approximate surface area is 202 Å².